The number of carbonyl (C=O) groups excluding carboxylic acids is 2. The summed E-state index contributed by atoms with van der Waals surface area (Å²) in [5, 5.41) is 0.572. The molecular formula is C15H12O3S. The second-order valence-electron chi connectivity index (χ2n) is 3.88. The highest BCUT2D eigenvalue weighted by molar-refractivity contribution is 7.80. The van der Waals surface area contributed by atoms with Crippen LogP contribution in [0.2, 0.25) is 0 Å². The summed E-state index contributed by atoms with van der Waals surface area (Å²) in [6, 6.07) is 3.16. The molecule has 3 nitrogen and oxygen atoms in total. The van der Waals surface area contributed by atoms with Crippen molar-refractivity contribution in [2.45, 2.75) is 11.8 Å². The van der Waals surface area contributed by atoms with Crippen LogP contribution in [-0.2, 0) is 0 Å². The molecule has 1 heterocycles. The molecule has 0 unspecified atom stereocenters. The van der Waals surface area contributed by atoms with Crippen molar-refractivity contribution in [2.75, 3.05) is 0 Å². The first-order valence-electron chi connectivity index (χ1n) is 5.71. The number of furan rings is 1. The third-order valence-corrected chi connectivity index (χ3v) is 3.15. The number of rotatable bonds is 4. The molecule has 0 aliphatic heterocycles. The Morgan fingerprint density at radius 1 is 1.11 bits per heavy atom. The Bertz CT molecular complexity index is 693. The summed E-state index contributed by atoms with van der Waals surface area (Å²) >= 11 is 4.38. The minimum Gasteiger partial charge on any atom is -0.455 e. The van der Waals surface area contributed by atoms with Crippen LogP contribution in [-0.4, -0.2) is 12.6 Å². The zero-order valence-electron chi connectivity index (χ0n) is 10.3. The van der Waals surface area contributed by atoms with Crippen molar-refractivity contribution in [3.8, 4) is 0 Å². The van der Waals surface area contributed by atoms with E-state index in [1.165, 1.54) is 0 Å². The van der Waals surface area contributed by atoms with Crippen molar-refractivity contribution in [3.05, 3.63) is 47.2 Å². The quantitative estimate of drug-likeness (QED) is 0.521. The predicted molar refractivity (Wildman–Crippen MR) is 78.1 cm³/mol. The Balaban J connectivity index is 2.73. The van der Waals surface area contributed by atoms with E-state index in [0.29, 0.717) is 39.0 Å². The molecule has 96 valence electrons. The van der Waals surface area contributed by atoms with Gasteiger partial charge in [-0.05, 0) is 19.1 Å². The van der Waals surface area contributed by atoms with Gasteiger partial charge >= 0.3 is 0 Å². The minimum absolute atomic E-state index is 0.393. The van der Waals surface area contributed by atoms with Crippen LogP contribution in [0.5, 0.6) is 0 Å². The van der Waals surface area contributed by atoms with Gasteiger partial charge in [0, 0.05) is 10.9 Å². The Morgan fingerprint density at radius 2 is 1.79 bits per heavy atom. The molecule has 0 atom stereocenters. The monoisotopic (exact) mass is 272 g/mol. The summed E-state index contributed by atoms with van der Waals surface area (Å²) < 4.78 is 5.62. The number of carbonyl (C=O) groups is 2. The van der Waals surface area contributed by atoms with Crippen LogP contribution in [0, 0.1) is 0 Å². The van der Waals surface area contributed by atoms with Gasteiger partial charge in [-0.1, -0.05) is 24.3 Å². The van der Waals surface area contributed by atoms with Crippen LogP contribution in [0.4, 0.5) is 0 Å². The second-order valence-corrected chi connectivity index (χ2v) is 4.33. The van der Waals surface area contributed by atoms with Crippen LogP contribution in [0.15, 0.2) is 39.7 Å². The zero-order valence-corrected chi connectivity index (χ0v) is 11.2. The van der Waals surface area contributed by atoms with E-state index in [1.807, 2.05) is 19.1 Å². The smallest absolute Gasteiger partial charge is 0.153 e. The molecule has 4 heteroatoms. The highest BCUT2D eigenvalue weighted by Gasteiger charge is 2.15. The average molecular weight is 272 g/mol. The van der Waals surface area contributed by atoms with Crippen LogP contribution in [0.1, 0.15) is 33.4 Å². The molecule has 0 fully saturated rings. The maximum atomic E-state index is 11.0. The van der Waals surface area contributed by atoms with Crippen molar-refractivity contribution < 1.29 is 14.0 Å². The molecule has 0 amide bonds. The molecule has 0 aliphatic carbocycles. The topological polar surface area (TPSA) is 47.3 Å². The highest BCUT2D eigenvalue weighted by atomic mass is 32.1. The molecule has 2 rings (SSSR count). The Morgan fingerprint density at radius 3 is 2.42 bits per heavy atom. The number of allylic oxidation sites excluding steroid dienone is 3. The summed E-state index contributed by atoms with van der Waals surface area (Å²) in [5.41, 5.74) is 1.26. The first-order valence-corrected chi connectivity index (χ1v) is 6.15. The fourth-order valence-electron chi connectivity index (χ4n) is 1.81. The van der Waals surface area contributed by atoms with Gasteiger partial charge in [0.1, 0.15) is 11.3 Å². The summed E-state index contributed by atoms with van der Waals surface area (Å²) in [4.78, 5) is 22.6. The molecule has 2 aromatic rings. The predicted octanol–water partition coefficient (Wildman–Crippen LogP) is 3.94. The maximum Gasteiger partial charge on any atom is 0.153 e. The standard InChI is InChI=1S/C15H12O3S/c1-2-3-4-5-12-15(19)13-10(8-16)6-7-11(9-17)14(13)18-12/h2-9,19H,1H3/b3-2+,5-4+. The van der Waals surface area contributed by atoms with Crippen molar-refractivity contribution in [2.24, 2.45) is 0 Å². The molecule has 0 bridgehead atoms. The summed E-state index contributed by atoms with van der Waals surface area (Å²) in [6.07, 6.45) is 8.70. The van der Waals surface area contributed by atoms with Gasteiger partial charge in [0.15, 0.2) is 12.6 Å². The molecule has 0 radical (unpaired) electrons. The molecular weight excluding hydrogens is 260 g/mol. The van der Waals surface area contributed by atoms with Gasteiger partial charge in [-0.3, -0.25) is 9.59 Å². The Labute approximate surface area is 116 Å². The summed E-state index contributed by atoms with van der Waals surface area (Å²) in [7, 11) is 0. The Kier molecular flexibility index (Phi) is 4.02. The van der Waals surface area contributed by atoms with E-state index < -0.39 is 0 Å². The third kappa shape index (κ3) is 2.39. The number of hydrogen-bond acceptors (Lipinski definition) is 4. The summed E-state index contributed by atoms with van der Waals surface area (Å²) in [6.45, 7) is 1.90. The SMILES string of the molecule is C/C=C/C=C/c1oc2c(C=O)ccc(C=O)c2c1S. The van der Waals surface area contributed by atoms with Crippen molar-refractivity contribution in [1.82, 2.24) is 0 Å². The Hall–Kier alpha value is -2.07. The highest BCUT2D eigenvalue weighted by Crippen LogP contribution is 2.33. The number of fused-ring (bicyclic) bond motifs is 1. The van der Waals surface area contributed by atoms with Crippen molar-refractivity contribution >= 4 is 42.2 Å². The van der Waals surface area contributed by atoms with Crippen LogP contribution >= 0.6 is 12.6 Å². The third-order valence-electron chi connectivity index (χ3n) is 2.71. The maximum absolute atomic E-state index is 11.0. The first-order chi connectivity index (χ1) is 9.22. The van der Waals surface area contributed by atoms with E-state index in [4.69, 9.17) is 4.42 Å². The first kappa shape index (κ1) is 13.4. The van der Waals surface area contributed by atoms with Gasteiger partial charge in [0.25, 0.3) is 0 Å². The molecule has 0 saturated heterocycles. The lowest BCUT2D eigenvalue weighted by molar-refractivity contribution is 0.111. The molecule has 0 aliphatic rings. The van der Waals surface area contributed by atoms with Crippen LogP contribution in [0.3, 0.4) is 0 Å². The van der Waals surface area contributed by atoms with E-state index in [9.17, 15) is 9.59 Å². The van der Waals surface area contributed by atoms with Gasteiger partial charge < -0.3 is 4.42 Å². The van der Waals surface area contributed by atoms with Gasteiger partial charge in [0.05, 0.1) is 10.5 Å². The minimum atomic E-state index is 0.393. The van der Waals surface area contributed by atoms with Crippen molar-refractivity contribution in [1.29, 1.82) is 0 Å². The van der Waals surface area contributed by atoms with Gasteiger partial charge in [-0.2, -0.15) is 0 Å². The van der Waals surface area contributed by atoms with Crippen LogP contribution < -0.4 is 0 Å². The number of benzene rings is 1. The summed E-state index contributed by atoms with van der Waals surface area (Å²) in [5.74, 6) is 0.522. The molecule has 0 N–H and O–H groups in total. The molecule has 0 spiro atoms. The number of hydrogen-bond donors (Lipinski definition) is 1. The van der Waals surface area contributed by atoms with Gasteiger partial charge in [-0.15, -0.1) is 12.6 Å². The molecule has 1 aromatic carbocycles. The molecule has 1 aromatic heterocycles. The van der Waals surface area contributed by atoms with E-state index in [0.717, 1.165) is 6.29 Å². The van der Waals surface area contributed by atoms with Gasteiger partial charge in [-0.25, -0.2) is 0 Å². The van der Waals surface area contributed by atoms with E-state index in [2.05, 4.69) is 12.6 Å². The number of aldehydes is 2. The fraction of sp³-hybridized carbons (Fsp3) is 0.0667. The van der Waals surface area contributed by atoms with E-state index in [-0.39, 0.29) is 0 Å². The zero-order chi connectivity index (χ0) is 13.8. The fourth-order valence-corrected chi connectivity index (χ4v) is 2.16. The molecule has 0 saturated carbocycles. The normalized spacial score (nSPS) is 11.7. The second kappa shape index (κ2) is 5.71. The lowest BCUT2D eigenvalue weighted by atomic mass is 10.1. The lowest BCUT2D eigenvalue weighted by Crippen LogP contribution is -1.86. The van der Waals surface area contributed by atoms with Crippen molar-refractivity contribution in [3.63, 3.8) is 0 Å². The van der Waals surface area contributed by atoms with E-state index >= 15 is 0 Å². The molecule has 19 heavy (non-hydrogen) atoms. The lowest BCUT2D eigenvalue weighted by Gasteiger charge is -1.96. The van der Waals surface area contributed by atoms with E-state index in [1.54, 1.807) is 24.3 Å². The average Bonchev–Trinajstić information content (AvgIpc) is 2.76. The largest absolute Gasteiger partial charge is 0.455 e. The van der Waals surface area contributed by atoms with Crippen LogP contribution in [0.25, 0.3) is 17.0 Å². The van der Waals surface area contributed by atoms with Gasteiger partial charge in [0.2, 0.25) is 0 Å². The number of thiol groups is 1.